The van der Waals surface area contributed by atoms with Crippen LogP contribution in [0.4, 0.5) is 16.5 Å². The number of carbonyl (C=O) groups is 1. The van der Waals surface area contributed by atoms with E-state index in [1.54, 1.807) is 6.07 Å². The first-order chi connectivity index (χ1) is 12.0. The van der Waals surface area contributed by atoms with Crippen LogP contribution in [0.5, 0.6) is 0 Å². The van der Waals surface area contributed by atoms with Crippen LogP contribution in [0.3, 0.4) is 0 Å². The van der Waals surface area contributed by atoms with Gasteiger partial charge in [-0.1, -0.05) is 46.7 Å². The van der Waals surface area contributed by atoms with Gasteiger partial charge in [-0.25, -0.2) is 0 Å². The summed E-state index contributed by atoms with van der Waals surface area (Å²) in [4.78, 5) is 12.1. The Balaban J connectivity index is 1.59. The van der Waals surface area contributed by atoms with Crippen LogP contribution in [0, 0.1) is 13.8 Å². The van der Waals surface area contributed by atoms with Crippen molar-refractivity contribution in [1.82, 2.24) is 10.2 Å². The van der Waals surface area contributed by atoms with E-state index < -0.39 is 0 Å². The summed E-state index contributed by atoms with van der Waals surface area (Å²) in [5, 5.41) is 16.1. The second kappa shape index (κ2) is 7.63. The molecule has 0 fully saturated rings. The third kappa shape index (κ3) is 4.78. The molecule has 0 aliphatic rings. The van der Waals surface area contributed by atoms with E-state index in [9.17, 15) is 4.79 Å². The summed E-state index contributed by atoms with van der Waals surface area (Å²) in [7, 11) is 0. The van der Waals surface area contributed by atoms with Crippen LogP contribution < -0.4 is 10.6 Å². The number of carbonyl (C=O) groups excluding carboxylic acids is 1. The fourth-order valence-electron chi connectivity index (χ4n) is 2.15. The Kier molecular flexibility index (Phi) is 5.31. The van der Waals surface area contributed by atoms with Crippen LogP contribution in [0.15, 0.2) is 42.5 Å². The molecule has 0 aliphatic carbocycles. The number of amides is 1. The number of benzene rings is 2. The number of aromatic nitrogens is 2. The minimum atomic E-state index is -0.155. The predicted molar refractivity (Wildman–Crippen MR) is 103 cm³/mol. The zero-order chi connectivity index (χ0) is 17.8. The van der Waals surface area contributed by atoms with E-state index in [2.05, 4.69) is 20.8 Å². The van der Waals surface area contributed by atoms with E-state index in [0.717, 1.165) is 11.3 Å². The van der Waals surface area contributed by atoms with Crippen molar-refractivity contribution in [3.63, 3.8) is 0 Å². The molecule has 0 spiro atoms. The second-order valence-electron chi connectivity index (χ2n) is 5.68. The summed E-state index contributed by atoms with van der Waals surface area (Å²) in [6.07, 6.45) is 0.165. The molecule has 3 rings (SSSR count). The van der Waals surface area contributed by atoms with Crippen molar-refractivity contribution in [3.8, 4) is 0 Å². The average molecular weight is 373 g/mol. The zero-order valence-electron chi connectivity index (χ0n) is 13.8. The highest BCUT2D eigenvalue weighted by Gasteiger charge is 2.10. The lowest BCUT2D eigenvalue weighted by atomic mass is 10.2. The van der Waals surface area contributed by atoms with Gasteiger partial charge in [0.15, 0.2) is 0 Å². The molecule has 2 N–H and O–H groups in total. The molecule has 5 nitrogen and oxygen atoms in total. The molecule has 1 heterocycles. The van der Waals surface area contributed by atoms with Gasteiger partial charge in [-0.3, -0.25) is 4.79 Å². The average Bonchev–Trinajstić information content (AvgIpc) is 3.00. The van der Waals surface area contributed by atoms with Crippen LogP contribution in [-0.2, 0) is 11.2 Å². The van der Waals surface area contributed by atoms with Crippen molar-refractivity contribution in [1.29, 1.82) is 0 Å². The van der Waals surface area contributed by atoms with Gasteiger partial charge in [-0.05, 0) is 43.7 Å². The summed E-state index contributed by atoms with van der Waals surface area (Å²) >= 11 is 7.42. The van der Waals surface area contributed by atoms with E-state index in [-0.39, 0.29) is 12.3 Å². The third-order valence-corrected chi connectivity index (χ3v) is 4.78. The van der Waals surface area contributed by atoms with Crippen molar-refractivity contribution in [2.45, 2.75) is 20.3 Å². The van der Waals surface area contributed by atoms with E-state index in [4.69, 9.17) is 11.6 Å². The van der Waals surface area contributed by atoms with Crippen molar-refractivity contribution in [2.24, 2.45) is 0 Å². The van der Waals surface area contributed by atoms with Crippen LogP contribution in [0.2, 0.25) is 5.02 Å². The molecule has 1 aromatic heterocycles. The Hall–Kier alpha value is -2.44. The first-order valence-electron chi connectivity index (χ1n) is 7.72. The zero-order valence-corrected chi connectivity index (χ0v) is 15.4. The maximum atomic E-state index is 12.1. The fraction of sp³-hybridized carbons (Fsp3) is 0.167. The molecule has 7 heteroatoms. The minimum Gasteiger partial charge on any atom is -0.330 e. The molecule has 0 bridgehead atoms. The maximum Gasteiger partial charge on any atom is 0.231 e. The van der Waals surface area contributed by atoms with Crippen LogP contribution in [0.1, 0.15) is 16.1 Å². The van der Waals surface area contributed by atoms with E-state index in [0.29, 0.717) is 20.8 Å². The monoisotopic (exact) mass is 372 g/mol. The number of rotatable bonds is 5. The number of nitrogens with zero attached hydrogens (tertiary/aromatic N) is 2. The fourth-order valence-corrected chi connectivity index (χ4v) is 3.09. The number of aryl methyl sites for hydroxylation is 2. The molecule has 0 unspecified atom stereocenters. The van der Waals surface area contributed by atoms with E-state index in [1.165, 1.54) is 16.9 Å². The van der Waals surface area contributed by atoms with Gasteiger partial charge in [0.25, 0.3) is 0 Å². The highest BCUT2D eigenvalue weighted by atomic mass is 35.5. The highest BCUT2D eigenvalue weighted by Crippen LogP contribution is 2.23. The molecule has 0 radical (unpaired) electrons. The van der Waals surface area contributed by atoms with Crippen molar-refractivity contribution < 1.29 is 4.79 Å². The Labute approximate surface area is 155 Å². The molecule has 0 atom stereocenters. The molecule has 1 amide bonds. The Morgan fingerprint density at radius 2 is 1.80 bits per heavy atom. The van der Waals surface area contributed by atoms with Crippen molar-refractivity contribution >= 4 is 45.4 Å². The predicted octanol–water partition coefficient (Wildman–Crippen LogP) is 4.73. The Morgan fingerprint density at radius 3 is 2.52 bits per heavy atom. The SMILES string of the molecule is Cc1ccc(Nc2nnc(CC(=O)Nc3ccc(C)c(Cl)c3)s2)cc1. The first kappa shape index (κ1) is 17.4. The molecule has 3 aromatic rings. The Bertz CT molecular complexity index is 892. The largest absolute Gasteiger partial charge is 0.330 e. The quantitative estimate of drug-likeness (QED) is 0.679. The normalized spacial score (nSPS) is 10.5. The lowest BCUT2D eigenvalue weighted by Gasteiger charge is -2.05. The summed E-state index contributed by atoms with van der Waals surface area (Å²) in [5.74, 6) is -0.155. The second-order valence-corrected chi connectivity index (χ2v) is 7.15. The van der Waals surface area contributed by atoms with E-state index >= 15 is 0 Å². The highest BCUT2D eigenvalue weighted by molar-refractivity contribution is 7.15. The van der Waals surface area contributed by atoms with Crippen LogP contribution in [-0.4, -0.2) is 16.1 Å². The van der Waals surface area contributed by atoms with Crippen LogP contribution in [0.25, 0.3) is 0 Å². The number of halogens is 1. The molecular weight excluding hydrogens is 356 g/mol. The summed E-state index contributed by atoms with van der Waals surface area (Å²) in [6, 6.07) is 13.4. The van der Waals surface area contributed by atoms with Gasteiger partial charge in [0, 0.05) is 16.4 Å². The summed E-state index contributed by atoms with van der Waals surface area (Å²) in [5.41, 5.74) is 3.77. The topological polar surface area (TPSA) is 66.9 Å². The molecule has 0 saturated heterocycles. The van der Waals surface area contributed by atoms with Gasteiger partial charge >= 0.3 is 0 Å². The lowest BCUT2D eigenvalue weighted by molar-refractivity contribution is -0.115. The van der Waals surface area contributed by atoms with Crippen molar-refractivity contribution in [2.75, 3.05) is 10.6 Å². The molecular formula is C18H17ClN4OS. The van der Waals surface area contributed by atoms with Gasteiger partial charge < -0.3 is 10.6 Å². The number of nitrogens with one attached hydrogen (secondary N) is 2. The minimum absolute atomic E-state index is 0.155. The molecule has 2 aromatic carbocycles. The standard InChI is InChI=1S/C18H17ClN4OS/c1-11-3-6-13(7-4-11)21-18-23-22-17(25-18)10-16(24)20-14-8-5-12(2)15(19)9-14/h3-9H,10H2,1-2H3,(H,20,24)(H,21,23). The van der Waals surface area contributed by atoms with Gasteiger partial charge in [-0.15, -0.1) is 10.2 Å². The molecule has 25 heavy (non-hydrogen) atoms. The smallest absolute Gasteiger partial charge is 0.231 e. The van der Waals surface area contributed by atoms with Gasteiger partial charge in [0.2, 0.25) is 11.0 Å². The van der Waals surface area contributed by atoms with Gasteiger partial charge in [-0.2, -0.15) is 0 Å². The number of anilines is 3. The van der Waals surface area contributed by atoms with Gasteiger partial charge in [0.1, 0.15) is 5.01 Å². The first-order valence-corrected chi connectivity index (χ1v) is 8.91. The molecule has 0 aliphatic heterocycles. The third-order valence-electron chi connectivity index (χ3n) is 3.54. The summed E-state index contributed by atoms with van der Waals surface area (Å²) < 4.78 is 0. The molecule has 0 saturated carbocycles. The molecule has 128 valence electrons. The number of hydrogen-bond acceptors (Lipinski definition) is 5. The maximum absolute atomic E-state index is 12.1. The Morgan fingerprint density at radius 1 is 1.08 bits per heavy atom. The lowest BCUT2D eigenvalue weighted by Crippen LogP contribution is -2.14. The summed E-state index contributed by atoms with van der Waals surface area (Å²) in [6.45, 7) is 3.95. The van der Waals surface area contributed by atoms with Gasteiger partial charge in [0.05, 0.1) is 6.42 Å². The number of hydrogen-bond donors (Lipinski definition) is 2. The van der Waals surface area contributed by atoms with Crippen LogP contribution >= 0.6 is 22.9 Å². The van der Waals surface area contributed by atoms with E-state index in [1.807, 2.05) is 50.2 Å². The van der Waals surface area contributed by atoms with Crippen molar-refractivity contribution in [3.05, 3.63) is 63.6 Å².